The summed E-state index contributed by atoms with van der Waals surface area (Å²) in [4.78, 5) is 21.6. The number of nitrogens with zero attached hydrogens (tertiary/aromatic N) is 2. The van der Waals surface area contributed by atoms with Gasteiger partial charge in [-0.15, -0.1) is 0 Å². The zero-order valence-electron chi connectivity index (χ0n) is 13.7. The number of H-pyrrole nitrogens is 1. The van der Waals surface area contributed by atoms with Gasteiger partial charge in [-0.3, -0.25) is 0 Å². The lowest BCUT2D eigenvalue weighted by Gasteiger charge is -2.34. The van der Waals surface area contributed by atoms with Gasteiger partial charge in [0.05, 0.1) is 0 Å². The summed E-state index contributed by atoms with van der Waals surface area (Å²) in [5.74, 6) is 0.285. The molecule has 1 atom stereocenters. The molecule has 3 heterocycles. The maximum absolute atomic E-state index is 12.3. The normalized spacial score (nSPS) is 19.1. The van der Waals surface area contributed by atoms with Crippen molar-refractivity contribution >= 4 is 28.7 Å². The molecule has 0 unspecified atom stereocenters. The second-order valence-corrected chi connectivity index (χ2v) is 7.43. The van der Waals surface area contributed by atoms with Crippen LogP contribution in [-0.2, 0) is 4.74 Å². The van der Waals surface area contributed by atoms with Crippen molar-refractivity contribution in [3.8, 4) is 0 Å². The Balaban J connectivity index is 1.79. The smallest absolute Gasteiger partial charge is 0.410 e. The van der Waals surface area contributed by atoms with E-state index in [0.717, 1.165) is 30.4 Å². The van der Waals surface area contributed by atoms with Crippen LogP contribution in [0.15, 0.2) is 18.3 Å². The van der Waals surface area contributed by atoms with Crippen molar-refractivity contribution in [3.05, 3.63) is 29.0 Å². The summed E-state index contributed by atoms with van der Waals surface area (Å²) in [7, 11) is 0. The number of nitrogens with one attached hydrogen (secondary N) is 1. The van der Waals surface area contributed by atoms with Gasteiger partial charge in [0, 0.05) is 30.6 Å². The van der Waals surface area contributed by atoms with E-state index in [1.165, 1.54) is 5.56 Å². The fraction of sp³-hybridized carbons (Fsp3) is 0.529. The molecule has 1 aliphatic rings. The fourth-order valence-corrected chi connectivity index (χ4v) is 3.21. The number of likely N-dealkylation sites (tertiary alicyclic amines) is 1. The zero-order valence-corrected chi connectivity index (χ0v) is 14.5. The first-order valence-corrected chi connectivity index (χ1v) is 8.33. The Bertz CT molecular complexity index is 720. The van der Waals surface area contributed by atoms with Gasteiger partial charge in [0.2, 0.25) is 0 Å². The van der Waals surface area contributed by atoms with Crippen LogP contribution in [0.1, 0.15) is 45.1 Å². The van der Waals surface area contributed by atoms with Crippen LogP contribution in [-0.4, -0.2) is 39.7 Å². The zero-order chi connectivity index (χ0) is 16.6. The molecule has 6 heteroatoms. The van der Waals surface area contributed by atoms with E-state index < -0.39 is 5.60 Å². The Morgan fingerprint density at radius 2 is 2.22 bits per heavy atom. The molecule has 1 saturated heterocycles. The van der Waals surface area contributed by atoms with Crippen molar-refractivity contribution in [2.75, 3.05) is 13.1 Å². The third-order valence-electron chi connectivity index (χ3n) is 4.05. The van der Waals surface area contributed by atoms with Gasteiger partial charge >= 0.3 is 6.09 Å². The molecule has 0 aliphatic carbocycles. The molecular formula is C17H22ClN3O2. The number of ether oxygens (including phenoxy) is 1. The van der Waals surface area contributed by atoms with Crippen LogP contribution < -0.4 is 0 Å². The van der Waals surface area contributed by atoms with Crippen LogP contribution >= 0.6 is 11.6 Å². The lowest BCUT2D eigenvalue weighted by molar-refractivity contribution is 0.0198. The number of rotatable bonds is 1. The number of amides is 1. The van der Waals surface area contributed by atoms with E-state index >= 15 is 0 Å². The monoisotopic (exact) mass is 335 g/mol. The van der Waals surface area contributed by atoms with Gasteiger partial charge < -0.3 is 14.6 Å². The van der Waals surface area contributed by atoms with Crippen LogP contribution in [0.2, 0.25) is 5.15 Å². The highest BCUT2D eigenvalue weighted by Crippen LogP contribution is 2.32. The van der Waals surface area contributed by atoms with Gasteiger partial charge in [-0.1, -0.05) is 11.6 Å². The van der Waals surface area contributed by atoms with E-state index in [-0.39, 0.29) is 12.0 Å². The molecule has 124 valence electrons. The number of piperidine rings is 1. The molecule has 2 aromatic rings. The molecule has 23 heavy (non-hydrogen) atoms. The summed E-state index contributed by atoms with van der Waals surface area (Å²) in [6.07, 6.45) is 3.77. The second kappa shape index (κ2) is 6.04. The van der Waals surface area contributed by atoms with Crippen LogP contribution in [0.25, 0.3) is 11.0 Å². The van der Waals surface area contributed by atoms with Crippen molar-refractivity contribution in [1.82, 2.24) is 14.9 Å². The second-order valence-electron chi connectivity index (χ2n) is 7.04. The predicted molar refractivity (Wildman–Crippen MR) is 90.9 cm³/mol. The molecule has 1 aliphatic heterocycles. The third kappa shape index (κ3) is 3.61. The van der Waals surface area contributed by atoms with Crippen LogP contribution in [0, 0.1) is 0 Å². The number of pyridine rings is 1. The number of fused-ring (bicyclic) bond motifs is 1. The number of hydrogen-bond acceptors (Lipinski definition) is 3. The molecule has 1 N–H and O–H groups in total. The molecule has 0 spiro atoms. The summed E-state index contributed by atoms with van der Waals surface area (Å²) in [5.41, 5.74) is 1.52. The highest BCUT2D eigenvalue weighted by molar-refractivity contribution is 6.29. The number of aromatic nitrogens is 2. The van der Waals surface area contributed by atoms with E-state index in [1.54, 1.807) is 6.07 Å². The largest absolute Gasteiger partial charge is 0.444 e. The lowest BCUT2D eigenvalue weighted by Crippen LogP contribution is -2.42. The van der Waals surface area contributed by atoms with E-state index in [9.17, 15) is 4.79 Å². The minimum absolute atomic E-state index is 0.233. The molecule has 1 amide bonds. The Morgan fingerprint density at radius 1 is 1.43 bits per heavy atom. The first-order chi connectivity index (χ1) is 10.8. The van der Waals surface area contributed by atoms with Crippen molar-refractivity contribution in [2.45, 2.75) is 45.1 Å². The van der Waals surface area contributed by atoms with Gasteiger partial charge in [-0.05, 0) is 51.3 Å². The molecule has 0 aromatic carbocycles. The van der Waals surface area contributed by atoms with Crippen LogP contribution in [0.4, 0.5) is 4.79 Å². The van der Waals surface area contributed by atoms with E-state index in [4.69, 9.17) is 16.3 Å². The van der Waals surface area contributed by atoms with Crippen LogP contribution in [0.5, 0.6) is 0 Å². The van der Waals surface area contributed by atoms with Gasteiger partial charge in [0.1, 0.15) is 16.4 Å². The van der Waals surface area contributed by atoms with E-state index in [0.29, 0.717) is 11.7 Å². The fourth-order valence-electron chi connectivity index (χ4n) is 3.06. The molecule has 3 rings (SSSR count). The number of aromatic amines is 1. The summed E-state index contributed by atoms with van der Waals surface area (Å²) >= 11 is 5.94. The topological polar surface area (TPSA) is 58.2 Å². The average Bonchev–Trinajstić information content (AvgIpc) is 2.88. The van der Waals surface area contributed by atoms with E-state index in [2.05, 4.69) is 9.97 Å². The maximum Gasteiger partial charge on any atom is 0.410 e. The summed E-state index contributed by atoms with van der Waals surface area (Å²) in [6.45, 7) is 7.09. The molecule has 0 bridgehead atoms. The van der Waals surface area contributed by atoms with Crippen LogP contribution in [0.3, 0.4) is 0 Å². The molecular weight excluding hydrogens is 314 g/mol. The van der Waals surface area contributed by atoms with Crippen molar-refractivity contribution < 1.29 is 9.53 Å². The number of carbonyl (C=O) groups excluding carboxylic acids is 1. The maximum atomic E-state index is 12.3. The van der Waals surface area contributed by atoms with Gasteiger partial charge in [0.15, 0.2) is 0 Å². The Morgan fingerprint density at radius 3 is 2.96 bits per heavy atom. The quantitative estimate of drug-likeness (QED) is 0.789. The minimum Gasteiger partial charge on any atom is -0.444 e. The minimum atomic E-state index is -0.467. The van der Waals surface area contributed by atoms with Crippen molar-refractivity contribution in [1.29, 1.82) is 0 Å². The lowest BCUT2D eigenvalue weighted by atomic mass is 9.91. The van der Waals surface area contributed by atoms with Gasteiger partial charge in [-0.25, -0.2) is 9.78 Å². The summed E-state index contributed by atoms with van der Waals surface area (Å²) in [6, 6.07) is 3.79. The summed E-state index contributed by atoms with van der Waals surface area (Å²) < 4.78 is 5.50. The van der Waals surface area contributed by atoms with E-state index in [1.807, 2.05) is 37.9 Å². The molecule has 1 fully saturated rings. The highest BCUT2D eigenvalue weighted by Gasteiger charge is 2.29. The molecule has 0 saturated carbocycles. The highest BCUT2D eigenvalue weighted by atomic mass is 35.5. The predicted octanol–water partition coefficient (Wildman–Crippen LogP) is 4.33. The Hall–Kier alpha value is -1.75. The Labute approximate surface area is 141 Å². The third-order valence-corrected chi connectivity index (χ3v) is 4.26. The van der Waals surface area contributed by atoms with Crippen molar-refractivity contribution in [3.63, 3.8) is 0 Å². The standard InChI is InChI=1S/C17H22ClN3O2/c1-17(2,3)23-16(22)21-8-4-5-11(10-21)13-9-19-15-12(13)6-7-14(18)20-15/h6-7,9,11H,4-5,8,10H2,1-3H3,(H,19,20)/t11-/m0/s1. The number of hydrogen-bond donors (Lipinski definition) is 1. The first-order valence-electron chi connectivity index (χ1n) is 7.95. The SMILES string of the molecule is CC(C)(C)OC(=O)N1CCC[C@H](c2c[nH]c3nc(Cl)ccc23)C1. The van der Waals surface area contributed by atoms with Gasteiger partial charge in [0.25, 0.3) is 0 Å². The molecule has 2 aromatic heterocycles. The summed E-state index contributed by atoms with van der Waals surface area (Å²) in [5, 5.41) is 1.55. The molecule has 0 radical (unpaired) electrons. The van der Waals surface area contributed by atoms with Gasteiger partial charge in [-0.2, -0.15) is 0 Å². The average molecular weight is 336 g/mol. The Kier molecular flexibility index (Phi) is 4.23. The first kappa shape index (κ1) is 16.1. The molecule has 5 nitrogen and oxygen atoms in total. The van der Waals surface area contributed by atoms with Crippen molar-refractivity contribution in [2.24, 2.45) is 0 Å². The number of carbonyl (C=O) groups is 1. The number of halogens is 1.